The molecule has 6 heteroatoms. The standard InChI is InChI=1S/C10H19N5S/c1-3-14(6-5-9(11)16)7-10-12-8-13-15(10)4-2/h8H,3-7H2,1-2H3,(H2,11,16). The van der Waals surface area contributed by atoms with Crippen molar-refractivity contribution in [3.63, 3.8) is 0 Å². The second kappa shape index (κ2) is 6.55. The highest BCUT2D eigenvalue weighted by Crippen LogP contribution is 2.02. The summed E-state index contributed by atoms with van der Waals surface area (Å²) in [5.41, 5.74) is 5.50. The SMILES string of the molecule is CCN(CCC(N)=S)Cc1ncnn1CC. The van der Waals surface area contributed by atoms with E-state index in [1.807, 2.05) is 4.68 Å². The van der Waals surface area contributed by atoms with Crippen LogP contribution in [-0.4, -0.2) is 37.7 Å². The Morgan fingerprint density at radius 1 is 1.56 bits per heavy atom. The van der Waals surface area contributed by atoms with Crippen LogP contribution in [0.1, 0.15) is 26.1 Å². The molecule has 0 saturated carbocycles. The number of nitrogens with zero attached hydrogens (tertiary/aromatic N) is 4. The molecule has 5 nitrogen and oxygen atoms in total. The normalized spacial score (nSPS) is 10.9. The van der Waals surface area contributed by atoms with Gasteiger partial charge in [-0.25, -0.2) is 9.67 Å². The smallest absolute Gasteiger partial charge is 0.140 e. The molecule has 0 fully saturated rings. The zero-order valence-electron chi connectivity index (χ0n) is 9.89. The lowest BCUT2D eigenvalue weighted by Gasteiger charge is -2.19. The van der Waals surface area contributed by atoms with E-state index >= 15 is 0 Å². The number of nitrogens with two attached hydrogens (primary N) is 1. The molecule has 1 aromatic rings. The van der Waals surface area contributed by atoms with Crippen LogP contribution in [0.15, 0.2) is 6.33 Å². The van der Waals surface area contributed by atoms with Crippen molar-refractivity contribution in [2.75, 3.05) is 13.1 Å². The summed E-state index contributed by atoms with van der Waals surface area (Å²) in [6, 6.07) is 0. The Labute approximate surface area is 102 Å². The molecule has 0 aromatic carbocycles. The maximum absolute atomic E-state index is 5.50. The van der Waals surface area contributed by atoms with Crippen molar-refractivity contribution in [3.8, 4) is 0 Å². The molecular formula is C10H19N5S. The monoisotopic (exact) mass is 241 g/mol. The quantitative estimate of drug-likeness (QED) is 0.715. The predicted molar refractivity (Wildman–Crippen MR) is 68.0 cm³/mol. The van der Waals surface area contributed by atoms with Crippen molar-refractivity contribution >= 4 is 17.2 Å². The van der Waals surface area contributed by atoms with E-state index in [4.69, 9.17) is 18.0 Å². The summed E-state index contributed by atoms with van der Waals surface area (Å²) in [7, 11) is 0. The molecule has 0 bridgehead atoms. The van der Waals surface area contributed by atoms with Crippen molar-refractivity contribution in [1.82, 2.24) is 19.7 Å². The van der Waals surface area contributed by atoms with Crippen molar-refractivity contribution in [2.45, 2.75) is 33.4 Å². The largest absolute Gasteiger partial charge is 0.393 e. The van der Waals surface area contributed by atoms with Gasteiger partial charge in [0, 0.05) is 19.5 Å². The average Bonchev–Trinajstić information content (AvgIpc) is 2.70. The fourth-order valence-corrected chi connectivity index (χ4v) is 1.58. The van der Waals surface area contributed by atoms with Gasteiger partial charge < -0.3 is 5.73 Å². The minimum atomic E-state index is 0.565. The zero-order chi connectivity index (χ0) is 12.0. The average molecular weight is 241 g/mol. The number of thiocarbonyl (C=S) groups is 1. The van der Waals surface area contributed by atoms with Crippen molar-refractivity contribution in [1.29, 1.82) is 0 Å². The zero-order valence-corrected chi connectivity index (χ0v) is 10.7. The van der Waals surface area contributed by atoms with Crippen LogP contribution in [0.5, 0.6) is 0 Å². The van der Waals surface area contributed by atoms with E-state index in [2.05, 4.69) is 28.8 Å². The van der Waals surface area contributed by atoms with E-state index in [1.165, 1.54) is 0 Å². The molecule has 0 aliphatic heterocycles. The second-order valence-corrected chi connectivity index (χ2v) is 4.10. The Morgan fingerprint density at radius 3 is 2.88 bits per heavy atom. The maximum atomic E-state index is 5.50. The fourth-order valence-electron chi connectivity index (χ4n) is 1.49. The lowest BCUT2D eigenvalue weighted by Crippen LogP contribution is -2.28. The van der Waals surface area contributed by atoms with Crippen molar-refractivity contribution in [2.24, 2.45) is 5.73 Å². The Morgan fingerprint density at radius 2 is 2.31 bits per heavy atom. The summed E-state index contributed by atoms with van der Waals surface area (Å²) < 4.78 is 1.91. The van der Waals surface area contributed by atoms with Crippen LogP contribution in [0.25, 0.3) is 0 Å². The number of aryl methyl sites for hydroxylation is 1. The van der Waals surface area contributed by atoms with Crippen LogP contribution in [0.4, 0.5) is 0 Å². The number of hydrogen-bond donors (Lipinski definition) is 1. The maximum Gasteiger partial charge on any atom is 0.140 e. The van der Waals surface area contributed by atoms with Gasteiger partial charge in [-0.05, 0) is 13.5 Å². The molecule has 1 aromatic heterocycles. The first-order chi connectivity index (χ1) is 7.67. The lowest BCUT2D eigenvalue weighted by molar-refractivity contribution is 0.275. The first-order valence-corrected chi connectivity index (χ1v) is 5.95. The lowest BCUT2D eigenvalue weighted by atomic mass is 10.3. The molecule has 1 rings (SSSR count). The summed E-state index contributed by atoms with van der Waals surface area (Å²) in [6.07, 6.45) is 2.35. The summed E-state index contributed by atoms with van der Waals surface area (Å²) >= 11 is 4.88. The fraction of sp³-hybridized carbons (Fsp3) is 0.700. The Hall–Kier alpha value is -1.01. The van der Waals surface area contributed by atoms with Crippen LogP contribution in [0.2, 0.25) is 0 Å². The summed E-state index contributed by atoms with van der Waals surface area (Å²) in [6.45, 7) is 7.66. The summed E-state index contributed by atoms with van der Waals surface area (Å²) in [5, 5.41) is 4.15. The molecule has 16 heavy (non-hydrogen) atoms. The van der Waals surface area contributed by atoms with Gasteiger partial charge in [0.1, 0.15) is 12.2 Å². The minimum absolute atomic E-state index is 0.565. The predicted octanol–water partition coefficient (Wildman–Crippen LogP) is 0.796. The molecule has 90 valence electrons. The van der Waals surface area contributed by atoms with Gasteiger partial charge in [0.2, 0.25) is 0 Å². The molecule has 0 spiro atoms. The van der Waals surface area contributed by atoms with E-state index in [1.54, 1.807) is 6.33 Å². The molecule has 0 atom stereocenters. The number of aromatic nitrogens is 3. The van der Waals surface area contributed by atoms with Gasteiger partial charge in [0.15, 0.2) is 0 Å². The van der Waals surface area contributed by atoms with Gasteiger partial charge in [-0.3, -0.25) is 4.90 Å². The van der Waals surface area contributed by atoms with Crippen LogP contribution < -0.4 is 5.73 Å². The highest BCUT2D eigenvalue weighted by Gasteiger charge is 2.08. The van der Waals surface area contributed by atoms with E-state index < -0.39 is 0 Å². The van der Waals surface area contributed by atoms with Gasteiger partial charge in [-0.2, -0.15) is 5.10 Å². The highest BCUT2D eigenvalue weighted by atomic mass is 32.1. The molecule has 1 heterocycles. The van der Waals surface area contributed by atoms with Gasteiger partial charge in [0.05, 0.1) is 11.5 Å². The van der Waals surface area contributed by atoms with Gasteiger partial charge >= 0.3 is 0 Å². The number of hydrogen-bond acceptors (Lipinski definition) is 4. The first-order valence-electron chi connectivity index (χ1n) is 5.54. The Kier molecular flexibility index (Phi) is 5.34. The molecule has 0 aliphatic carbocycles. The van der Waals surface area contributed by atoms with E-state index in [-0.39, 0.29) is 0 Å². The van der Waals surface area contributed by atoms with Crippen LogP contribution in [-0.2, 0) is 13.1 Å². The van der Waals surface area contributed by atoms with Crippen molar-refractivity contribution in [3.05, 3.63) is 12.2 Å². The molecule has 0 aliphatic rings. The summed E-state index contributed by atoms with van der Waals surface area (Å²) in [4.78, 5) is 7.07. The number of rotatable bonds is 7. The molecular weight excluding hydrogens is 222 g/mol. The van der Waals surface area contributed by atoms with E-state index in [0.29, 0.717) is 4.99 Å². The second-order valence-electron chi connectivity index (χ2n) is 3.58. The van der Waals surface area contributed by atoms with Crippen LogP contribution >= 0.6 is 12.2 Å². The topological polar surface area (TPSA) is 60.0 Å². The van der Waals surface area contributed by atoms with E-state index in [9.17, 15) is 0 Å². The Balaban J connectivity index is 2.52. The first kappa shape index (κ1) is 13.1. The third-order valence-corrected chi connectivity index (χ3v) is 2.69. The van der Waals surface area contributed by atoms with Crippen LogP contribution in [0, 0.1) is 0 Å². The van der Waals surface area contributed by atoms with Crippen molar-refractivity contribution < 1.29 is 0 Å². The molecule has 2 N–H and O–H groups in total. The third kappa shape index (κ3) is 3.86. The van der Waals surface area contributed by atoms with Gasteiger partial charge in [-0.1, -0.05) is 19.1 Å². The molecule has 0 amide bonds. The summed E-state index contributed by atoms with van der Waals surface area (Å²) in [5.74, 6) is 0.993. The third-order valence-electron chi connectivity index (χ3n) is 2.48. The van der Waals surface area contributed by atoms with Gasteiger partial charge in [0.25, 0.3) is 0 Å². The van der Waals surface area contributed by atoms with Crippen LogP contribution in [0.3, 0.4) is 0 Å². The molecule has 0 radical (unpaired) electrons. The minimum Gasteiger partial charge on any atom is -0.393 e. The highest BCUT2D eigenvalue weighted by molar-refractivity contribution is 7.80. The van der Waals surface area contributed by atoms with E-state index in [0.717, 1.165) is 38.4 Å². The molecule has 0 saturated heterocycles. The molecule has 0 unspecified atom stereocenters. The Bertz CT molecular complexity index is 336. The van der Waals surface area contributed by atoms with Gasteiger partial charge in [-0.15, -0.1) is 0 Å².